The molecule has 0 unspecified atom stereocenters. The number of nitrogens with two attached hydrogens (primary N) is 1. The lowest BCUT2D eigenvalue weighted by Gasteiger charge is -2.21. The highest BCUT2D eigenvalue weighted by atomic mass is 16.4. The first kappa shape index (κ1) is 14.7. The summed E-state index contributed by atoms with van der Waals surface area (Å²) < 4.78 is 0. The van der Waals surface area contributed by atoms with Crippen molar-refractivity contribution in [1.29, 1.82) is 0 Å². The van der Waals surface area contributed by atoms with E-state index < -0.39 is 12.0 Å². The first-order chi connectivity index (χ1) is 8.50. The third-order valence-electron chi connectivity index (χ3n) is 3.06. The molecule has 0 aromatic rings. The lowest BCUT2D eigenvalue weighted by Crippen LogP contribution is -2.43. The molecule has 1 atom stereocenters. The van der Waals surface area contributed by atoms with Crippen molar-refractivity contribution in [2.24, 2.45) is 5.73 Å². The molecular weight excluding hydrogens is 236 g/mol. The number of hydrogen-bond donors (Lipinski definition) is 3. The third kappa shape index (κ3) is 4.89. The Balaban J connectivity index is 2.25. The highest BCUT2D eigenvalue weighted by molar-refractivity contribution is 5.75. The Labute approximate surface area is 107 Å². The van der Waals surface area contributed by atoms with E-state index in [1.165, 1.54) is 0 Å². The minimum Gasteiger partial charge on any atom is -0.480 e. The van der Waals surface area contributed by atoms with E-state index in [4.69, 9.17) is 10.8 Å². The molecule has 18 heavy (non-hydrogen) atoms. The van der Waals surface area contributed by atoms with E-state index in [9.17, 15) is 9.59 Å². The predicted octanol–water partition coefficient (Wildman–Crippen LogP) is -0.864. The van der Waals surface area contributed by atoms with Crippen LogP contribution in [-0.4, -0.2) is 72.7 Å². The fourth-order valence-electron chi connectivity index (χ4n) is 1.82. The molecule has 1 fully saturated rings. The summed E-state index contributed by atoms with van der Waals surface area (Å²) in [5.41, 5.74) is 5.35. The number of carboxylic acid groups (broad SMARTS) is 1. The van der Waals surface area contributed by atoms with Crippen LogP contribution in [0.5, 0.6) is 0 Å². The average Bonchev–Trinajstić information content (AvgIpc) is 2.53. The molecule has 7 nitrogen and oxygen atoms in total. The number of likely N-dealkylation sites (N-methyl/N-ethyl adjacent to an activating group) is 1. The van der Waals surface area contributed by atoms with Crippen molar-refractivity contribution in [2.75, 3.05) is 39.8 Å². The molecule has 0 aromatic heterocycles. The zero-order valence-electron chi connectivity index (χ0n) is 10.8. The van der Waals surface area contributed by atoms with Crippen LogP contribution in [0.3, 0.4) is 0 Å². The molecule has 0 bridgehead atoms. The van der Waals surface area contributed by atoms with Crippen LogP contribution in [0, 0.1) is 0 Å². The van der Waals surface area contributed by atoms with Gasteiger partial charge in [-0.25, -0.2) is 4.79 Å². The summed E-state index contributed by atoms with van der Waals surface area (Å²) in [5.74, 6) is -1.04. The number of amides is 2. The van der Waals surface area contributed by atoms with Gasteiger partial charge < -0.3 is 26.0 Å². The summed E-state index contributed by atoms with van der Waals surface area (Å²) in [7, 11) is 2.04. The Hall–Kier alpha value is -1.34. The molecule has 0 radical (unpaired) electrons. The average molecular weight is 258 g/mol. The second-order valence-electron chi connectivity index (χ2n) is 4.61. The highest BCUT2D eigenvalue weighted by Crippen LogP contribution is 2.01. The van der Waals surface area contributed by atoms with Gasteiger partial charge in [0.25, 0.3) is 0 Å². The van der Waals surface area contributed by atoms with E-state index in [1.807, 2.05) is 7.05 Å². The van der Waals surface area contributed by atoms with Gasteiger partial charge in [-0.1, -0.05) is 0 Å². The van der Waals surface area contributed by atoms with Crippen LogP contribution in [0.4, 0.5) is 4.79 Å². The van der Waals surface area contributed by atoms with Crippen molar-refractivity contribution in [1.82, 2.24) is 15.1 Å². The standard InChI is InChI=1S/C11H22N4O3/c1-14-5-2-6-15(8-7-14)11(18)13-4-3-9(12)10(16)17/h9H,2-8,12H2,1H3,(H,13,18)(H,16,17)/t9-/m0/s1. The SMILES string of the molecule is CN1CCCN(C(=O)NCC[C@H](N)C(=O)O)CC1. The van der Waals surface area contributed by atoms with Gasteiger partial charge in [-0.3, -0.25) is 4.79 Å². The largest absolute Gasteiger partial charge is 0.480 e. The number of carbonyl (C=O) groups is 2. The normalized spacial score (nSPS) is 19.1. The molecular formula is C11H22N4O3. The van der Waals surface area contributed by atoms with Gasteiger partial charge in [0.15, 0.2) is 0 Å². The van der Waals surface area contributed by atoms with Crippen molar-refractivity contribution < 1.29 is 14.7 Å². The maximum Gasteiger partial charge on any atom is 0.320 e. The van der Waals surface area contributed by atoms with Gasteiger partial charge in [0.2, 0.25) is 0 Å². The van der Waals surface area contributed by atoms with Crippen LogP contribution in [-0.2, 0) is 4.79 Å². The molecule has 0 aromatic carbocycles. The number of aliphatic carboxylic acids is 1. The fourth-order valence-corrected chi connectivity index (χ4v) is 1.82. The monoisotopic (exact) mass is 258 g/mol. The van der Waals surface area contributed by atoms with Crippen molar-refractivity contribution in [2.45, 2.75) is 18.9 Å². The Morgan fingerprint density at radius 3 is 2.72 bits per heavy atom. The molecule has 1 heterocycles. The second kappa shape index (κ2) is 7.17. The van der Waals surface area contributed by atoms with E-state index in [0.717, 1.165) is 26.1 Å². The molecule has 0 spiro atoms. The summed E-state index contributed by atoms with van der Waals surface area (Å²) in [4.78, 5) is 26.3. The quantitative estimate of drug-likeness (QED) is 0.609. The van der Waals surface area contributed by atoms with Gasteiger partial charge in [0.1, 0.15) is 6.04 Å². The van der Waals surface area contributed by atoms with Gasteiger partial charge in [0, 0.05) is 26.2 Å². The zero-order valence-corrected chi connectivity index (χ0v) is 10.8. The molecule has 1 aliphatic heterocycles. The van der Waals surface area contributed by atoms with Gasteiger partial charge in [-0.05, 0) is 26.4 Å². The molecule has 0 aliphatic carbocycles. The van der Waals surface area contributed by atoms with Crippen LogP contribution < -0.4 is 11.1 Å². The summed E-state index contributed by atoms with van der Waals surface area (Å²) in [6, 6.07) is -1.05. The molecule has 2 amide bonds. The molecule has 4 N–H and O–H groups in total. The number of rotatable bonds is 4. The molecule has 0 saturated carbocycles. The summed E-state index contributed by atoms with van der Waals surface area (Å²) in [5, 5.41) is 11.3. The number of carbonyl (C=O) groups excluding carboxylic acids is 1. The van der Waals surface area contributed by atoms with Gasteiger partial charge in [-0.2, -0.15) is 0 Å². The van der Waals surface area contributed by atoms with E-state index in [2.05, 4.69) is 10.2 Å². The van der Waals surface area contributed by atoms with Gasteiger partial charge in [-0.15, -0.1) is 0 Å². The highest BCUT2D eigenvalue weighted by Gasteiger charge is 2.17. The molecule has 1 saturated heterocycles. The van der Waals surface area contributed by atoms with Crippen molar-refractivity contribution in [3.8, 4) is 0 Å². The molecule has 7 heteroatoms. The Bertz CT molecular complexity index is 298. The van der Waals surface area contributed by atoms with Crippen LogP contribution in [0.25, 0.3) is 0 Å². The maximum absolute atomic E-state index is 11.8. The first-order valence-electron chi connectivity index (χ1n) is 6.20. The number of urea groups is 1. The lowest BCUT2D eigenvalue weighted by molar-refractivity contribution is -0.138. The van der Waals surface area contributed by atoms with Crippen LogP contribution >= 0.6 is 0 Å². The van der Waals surface area contributed by atoms with Crippen molar-refractivity contribution in [3.05, 3.63) is 0 Å². The Kier molecular flexibility index (Phi) is 5.87. The van der Waals surface area contributed by atoms with Crippen LogP contribution in [0.1, 0.15) is 12.8 Å². The maximum atomic E-state index is 11.8. The van der Waals surface area contributed by atoms with E-state index in [-0.39, 0.29) is 12.5 Å². The van der Waals surface area contributed by atoms with Crippen LogP contribution in [0.2, 0.25) is 0 Å². The topological polar surface area (TPSA) is 98.9 Å². The molecule has 1 aliphatic rings. The summed E-state index contributed by atoms with van der Waals surface area (Å²) in [6.45, 7) is 3.59. The van der Waals surface area contributed by atoms with E-state index in [0.29, 0.717) is 13.1 Å². The number of carboxylic acids is 1. The zero-order chi connectivity index (χ0) is 13.5. The van der Waals surface area contributed by atoms with Gasteiger partial charge >= 0.3 is 12.0 Å². The van der Waals surface area contributed by atoms with Gasteiger partial charge in [0.05, 0.1) is 0 Å². The second-order valence-corrected chi connectivity index (χ2v) is 4.61. The smallest absolute Gasteiger partial charge is 0.320 e. The minimum atomic E-state index is -1.04. The molecule has 1 rings (SSSR count). The lowest BCUT2D eigenvalue weighted by atomic mass is 10.2. The number of hydrogen-bond acceptors (Lipinski definition) is 4. The predicted molar refractivity (Wildman–Crippen MR) is 67.3 cm³/mol. The Morgan fingerprint density at radius 2 is 2.06 bits per heavy atom. The summed E-state index contributed by atoms with van der Waals surface area (Å²) >= 11 is 0. The minimum absolute atomic E-state index is 0.136. The van der Waals surface area contributed by atoms with E-state index >= 15 is 0 Å². The van der Waals surface area contributed by atoms with Crippen molar-refractivity contribution in [3.63, 3.8) is 0 Å². The fraction of sp³-hybridized carbons (Fsp3) is 0.818. The molecule has 104 valence electrons. The third-order valence-corrected chi connectivity index (χ3v) is 3.06. The van der Waals surface area contributed by atoms with Crippen LogP contribution in [0.15, 0.2) is 0 Å². The number of nitrogens with one attached hydrogen (secondary N) is 1. The Morgan fingerprint density at radius 1 is 1.33 bits per heavy atom. The summed E-state index contributed by atoms with van der Waals surface area (Å²) in [6.07, 6.45) is 1.20. The number of nitrogens with zero attached hydrogens (tertiary/aromatic N) is 2. The van der Waals surface area contributed by atoms with E-state index in [1.54, 1.807) is 4.90 Å². The van der Waals surface area contributed by atoms with Crippen molar-refractivity contribution >= 4 is 12.0 Å². The first-order valence-corrected chi connectivity index (χ1v) is 6.20.